The molecule has 0 saturated carbocycles. The molecule has 2 rings (SSSR count). The van der Waals surface area contributed by atoms with E-state index in [-0.39, 0.29) is 22.2 Å². The Balaban J connectivity index is 2.94. The first-order valence-corrected chi connectivity index (χ1v) is 5.93. The number of esters is 2. The molecule has 0 amide bonds. The highest BCUT2D eigenvalue weighted by Gasteiger charge is 2.25. The number of halogens is 1. The quantitative estimate of drug-likeness (QED) is 0.849. The third kappa shape index (κ3) is 2.37. The largest absolute Gasteiger partial charge is 0.465 e. The average Bonchev–Trinajstić information content (AvgIpc) is 2.47. The Morgan fingerprint density at radius 3 is 2.33 bits per heavy atom. The van der Waals surface area contributed by atoms with Crippen LogP contribution in [-0.2, 0) is 9.47 Å². The molecule has 1 heterocycles. The van der Waals surface area contributed by atoms with E-state index in [1.54, 1.807) is 0 Å². The van der Waals surface area contributed by atoms with Crippen LogP contribution in [0.25, 0.3) is 10.9 Å². The molecule has 0 aliphatic heterocycles. The van der Waals surface area contributed by atoms with Crippen molar-refractivity contribution in [1.82, 2.24) is 4.98 Å². The van der Waals surface area contributed by atoms with E-state index in [9.17, 15) is 18.8 Å². The van der Waals surface area contributed by atoms with Gasteiger partial charge in [0.25, 0.3) is 0 Å². The fraction of sp³-hybridized carbons (Fsp3) is 0.214. The molecule has 0 fully saturated rings. The molecule has 0 atom stereocenters. The van der Waals surface area contributed by atoms with Crippen LogP contribution in [0.4, 0.5) is 4.39 Å². The van der Waals surface area contributed by atoms with Crippen LogP contribution in [0.5, 0.6) is 0 Å². The lowest BCUT2D eigenvalue weighted by molar-refractivity contribution is 0.0549. The first kappa shape index (κ1) is 14.7. The highest BCUT2D eigenvalue weighted by atomic mass is 19.1. The molecule has 6 nitrogen and oxygen atoms in total. The van der Waals surface area contributed by atoms with Gasteiger partial charge in [0.15, 0.2) is 0 Å². The SMILES string of the molecule is COC(=O)c1[nH]c2cc(F)c(C)cc2c(=O)c1C(=O)OC. The van der Waals surface area contributed by atoms with E-state index in [4.69, 9.17) is 0 Å². The van der Waals surface area contributed by atoms with E-state index in [2.05, 4.69) is 14.5 Å². The van der Waals surface area contributed by atoms with Gasteiger partial charge in [-0.2, -0.15) is 0 Å². The minimum atomic E-state index is -0.972. The number of aryl methyl sites for hydroxylation is 1. The van der Waals surface area contributed by atoms with Crippen molar-refractivity contribution in [3.05, 3.63) is 45.0 Å². The van der Waals surface area contributed by atoms with Gasteiger partial charge in [0.2, 0.25) is 5.43 Å². The molecule has 110 valence electrons. The van der Waals surface area contributed by atoms with Gasteiger partial charge in [-0.3, -0.25) is 4.79 Å². The summed E-state index contributed by atoms with van der Waals surface area (Å²) < 4.78 is 22.6. The topological polar surface area (TPSA) is 85.5 Å². The molecule has 0 aliphatic carbocycles. The van der Waals surface area contributed by atoms with Gasteiger partial charge in [-0.1, -0.05) is 0 Å². The van der Waals surface area contributed by atoms with Crippen LogP contribution in [0.1, 0.15) is 26.4 Å². The van der Waals surface area contributed by atoms with Crippen LogP contribution in [0.15, 0.2) is 16.9 Å². The Morgan fingerprint density at radius 2 is 1.76 bits per heavy atom. The van der Waals surface area contributed by atoms with E-state index in [0.29, 0.717) is 0 Å². The maximum absolute atomic E-state index is 13.6. The zero-order valence-corrected chi connectivity index (χ0v) is 11.6. The zero-order valence-electron chi connectivity index (χ0n) is 11.6. The Kier molecular flexibility index (Phi) is 3.75. The van der Waals surface area contributed by atoms with Gasteiger partial charge in [-0.25, -0.2) is 14.0 Å². The highest BCUT2D eigenvalue weighted by Crippen LogP contribution is 2.17. The number of aromatic nitrogens is 1. The molecule has 1 aromatic carbocycles. The van der Waals surface area contributed by atoms with Crippen LogP contribution in [0, 0.1) is 12.7 Å². The normalized spacial score (nSPS) is 10.5. The van der Waals surface area contributed by atoms with Crippen LogP contribution >= 0.6 is 0 Å². The molecule has 1 aromatic heterocycles. The van der Waals surface area contributed by atoms with Crippen molar-refractivity contribution in [2.24, 2.45) is 0 Å². The first-order chi connectivity index (χ1) is 9.90. The predicted molar refractivity (Wildman–Crippen MR) is 71.9 cm³/mol. The van der Waals surface area contributed by atoms with Crippen LogP contribution < -0.4 is 5.43 Å². The summed E-state index contributed by atoms with van der Waals surface area (Å²) in [7, 11) is 2.19. The number of methoxy groups -OCH3 is 2. The number of aromatic amines is 1. The molecule has 0 radical (unpaired) electrons. The number of H-pyrrole nitrogens is 1. The summed E-state index contributed by atoms with van der Waals surface area (Å²) in [4.78, 5) is 38.4. The van der Waals surface area contributed by atoms with Crippen molar-refractivity contribution < 1.29 is 23.5 Å². The second-order valence-corrected chi connectivity index (χ2v) is 4.33. The lowest BCUT2D eigenvalue weighted by atomic mass is 10.1. The summed E-state index contributed by atoms with van der Waals surface area (Å²) in [6, 6.07) is 2.39. The zero-order chi connectivity index (χ0) is 15.7. The van der Waals surface area contributed by atoms with Crippen molar-refractivity contribution in [2.75, 3.05) is 14.2 Å². The molecule has 0 aliphatic rings. The number of ether oxygens (including phenoxy) is 2. The minimum absolute atomic E-state index is 0.0851. The van der Waals surface area contributed by atoms with Gasteiger partial charge in [-0.15, -0.1) is 0 Å². The van der Waals surface area contributed by atoms with Crippen LogP contribution in [0.3, 0.4) is 0 Å². The molecule has 0 bridgehead atoms. The summed E-state index contributed by atoms with van der Waals surface area (Å²) in [6.45, 7) is 1.49. The Bertz CT molecular complexity index is 809. The van der Waals surface area contributed by atoms with Crippen molar-refractivity contribution in [3.8, 4) is 0 Å². The number of hydrogen-bond acceptors (Lipinski definition) is 5. The smallest absolute Gasteiger partial charge is 0.355 e. The van der Waals surface area contributed by atoms with Gasteiger partial charge in [-0.05, 0) is 24.6 Å². The molecular weight excluding hydrogens is 281 g/mol. The van der Waals surface area contributed by atoms with Crippen molar-refractivity contribution >= 4 is 22.8 Å². The molecule has 1 N–H and O–H groups in total. The van der Waals surface area contributed by atoms with E-state index >= 15 is 0 Å². The Hall–Kier alpha value is -2.70. The summed E-state index contributed by atoms with van der Waals surface area (Å²) >= 11 is 0. The molecular formula is C14H12FNO5. The monoisotopic (exact) mass is 293 g/mol. The highest BCUT2D eigenvalue weighted by molar-refractivity contribution is 6.04. The van der Waals surface area contributed by atoms with Crippen LogP contribution in [0.2, 0.25) is 0 Å². The third-order valence-corrected chi connectivity index (χ3v) is 3.06. The van der Waals surface area contributed by atoms with E-state index in [1.807, 2.05) is 0 Å². The number of nitrogens with one attached hydrogen (secondary N) is 1. The number of carbonyl (C=O) groups excluding carboxylic acids is 2. The molecule has 2 aromatic rings. The Labute approximate surface area is 118 Å². The number of rotatable bonds is 2. The van der Waals surface area contributed by atoms with E-state index in [0.717, 1.165) is 20.3 Å². The number of fused-ring (bicyclic) bond motifs is 1. The van der Waals surface area contributed by atoms with Gasteiger partial charge >= 0.3 is 11.9 Å². The van der Waals surface area contributed by atoms with Crippen LogP contribution in [-0.4, -0.2) is 31.1 Å². The maximum Gasteiger partial charge on any atom is 0.355 e. The lowest BCUT2D eigenvalue weighted by Gasteiger charge is -2.09. The number of carbonyl (C=O) groups is 2. The van der Waals surface area contributed by atoms with Gasteiger partial charge in [0.05, 0.1) is 19.7 Å². The number of pyridine rings is 1. The minimum Gasteiger partial charge on any atom is -0.465 e. The summed E-state index contributed by atoms with van der Waals surface area (Å²) in [5.41, 5.74) is -1.22. The standard InChI is InChI=1S/C14H12FNO5/c1-6-4-7-9(5-8(6)15)16-11(14(19)21-3)10(12(7)17)13(18)20-2/h4-5H,1-3H3,(H,16,17). The molecule has 0 spiro atoms. The fourth-order valence-electron chi connectivity index (χ4n) is 1.97. The van der Waals surface area contributed by atoms with E-state index < -0.39 is 28.7 Å². The molecule has 7 heteroatoms. The van der Waals surface area contributed by atoms with E-state index in [1.165, 1.54) is 13.0 Å². The average molecular weight is 293 g/mol. The van der Waals surface area contributed by atoms with Crippen molar-refractivity contribution in [3.63, 3.8) is 0 Å². The van der Waals surface area contributed by atoms with Gasteiger partial charge < -0.3 is 14.5 Å². The second-order valence-electron chi connectivity index (χ2n) is 4.33. The number of hydrogen-bond donors (Lipinski definition) is 1. The maximum atomic E-state index is 13.6. The first-order valence-electron chi connectivity index (χ1n) is 5.93. The predicted octanol–water partition coefficient (Wildman–Crippen LogP) is 1.55. The molecule has 0 unspecified atom stereocenters. The van der Waals surface area contributed by atoms with Gasteiger partial charge in [0, 0.05) is 5.39 Å². The van der Waals surface area contributed by atoms with Gasteiger partial charge in [0.1, 0.15) is 17.1 Å². The lowest BCUT2D eigenvalue weighted by Crippen LogP contribution is -2.24. The summed E-state index contributed by atoms with van der Waals surface area (Å²) in [5, 5.41) is 0.0851. The molecule has 21 heavy (non-hydrogen) atoms. The fourth-order valence-corrected chi connectivity index (χ4v) is 1.97. The molecule has 0 saturated heterocycles. The summed E-state index contributed by atoms with van der Waals surface area (Å²) in [6.07, 6.45) is 0. The summed E-state index contributed by atoms with van der Waals surface area (Å²) in [5.74, 6) is -2.43. The Morgan fingerprint density at radius 1 is 1.14 bits per heavy atom. The second kappa shape index (κ2) is 5.35. The number of benzene rings is 1. The third-order valence-electron chi connectivity index (χ3n) is 3.06. The van der Waals surface area contributed by atoms with Crippen molar-refractivity contribution in [1.29, 1.82) is 0 Å². The van der Waals surface area contributed by atoms with Crippen molar-refractivity contribution in [2.45, 2.75) is 6.92 Å².